The van der Waals surface area contributed by atoms with E-state index in [1.54, 1.807) is 0 Å². The van der Waals surface area contributed by atoms with Gasteiger partial charge in [0.2, 0.25) is 5.13 Å². The number of rotatable bonds is 6. The van der Waals surface area contributed by atoms with E-state index in [1.807, 2.05) is 48.5 Å². The Hall–Kier alpha value is -1.99. The van der Waals surface area contributed by atoms with Crippen molar-refractivity contribution >= 4 is 48.3 Å². The minimum absolute atomic E-state index is 0.286. The normalized spacial score (nSPS) is 13.2. The summed E-state index contributed by atoms with van der Waals surface area (Å²) in [5.74, 6) is 0. The van der Waals surface area contributed by atoms with Crippen LogP contribution in [0.15, 0.2) is 73.5 Å². The summed E-state index contributed by atoms with van der Waals surface area (Å²) in [6, 6.07) is 15.6. The Morgan fingerprint density at radius 2 is 1.79 bits per heavy atom. The SMILES string of the molecule is CCCC(N=Nc1ccc(Br)cc1)N=Nc1nc2ccccc2s1. The first-order valence-corrected chi connectivity index (χ1v) is 9.28. The van der Waals surface area contributed by atoms with E-state index in [4.69, 9.17) is 0 Å². The van der Waals surface area contributed by atoms with Crippen LogP contribution in [0.25, 0.3) is 10.2 Å². The van der Waals surface area contributed by atoms with E-state index in [1.165, 1.54) is 11.3 Å². The topological polar surface area (TPSA) is 62.3 Å². The third kappa shape index (κ3) is 4.52. The lowest BCUT2D eigenvalue weighted by atomic mass is 10.3. The van der Waals surface area contributed by atoms with Crippen molar-refractivity contribution in [3.05, 3.63) is 53.0 Å². The van der Waals surface area contributed by atoms with Gasteiger partial charge in [0.05, 0.1) is 15.9 Å². The summed E-state index contributed by atoms with van der Waals surface area (Å²) in [5, 5.41) is 17.8. The van der Waals surface area contributed by atoms with Crippen LogP contribution in [0.5, 0.6) is 0 Å². The molecule has 0 saturated heterocycles. The van der Waals surface area contributed by atoms with Crippen LogP contribution >= 0.6 is 27.3 Å². The zero-order valence-corrected chi connectivity index (χ0v) is 15.5. The minimum atomic E-state index is -0.286. The molecule has 0 spiro atoms. The number of hydrogen-bond acceptors (Lipinski definition) is 6. The van der Waals surface area contributed by atoms with Gasteiger partial charge < -0.3 is 0 Å². The predicted octanol–water partition coefficient (Wildman–Crippen LogP) is 7.05. The first kappa shape index (κ1) is 16.9. The lowest BCUT2D eigenvalue weighted by molar-refractivity contribution is 0.583. The largest absolute Gasteiger partial charge is 0.230 e. The average molecular weight is 402 g/mol. The Balaban J connectivity index is 1.73. The van der Waals surface area contributed by atoms with E-state index < -0.39 is 0 Å². The maximum absolute atomic E-state index is 4.45. The number of nitrogens with zero attached hydrogens (tertiary/aromatic N) is 5. The molecule has 0 aliphatic rings. The highest BCUT2D eigenvalue weighted by Crippen LogP contribution is 2.28. The molecule has 3 aromatic rings. The molecule has 0 aliphatic heterocycles. The van der Waals surface area contributed by atoms with E-state index in [9.17, 15) is 0 Å². The summed E-state index contributed by atoms with van der Waals surface area (Å²) in [4.78, 5) is 4.45. The first-order valence-electron chi connectivity index (χ1n) is 7.67. The lowest BCUT2D eigenvalue weighted by Gasteiger charge is -2.01. The van der Waals surface area contributed by atoms with Gasteiger partial charge in [-0.1, -0.05) is 52.7 Å². The van der Waals surface area contributed by atoms with Crippen molar-refractivity contribution in [2.24, 2.45) is 20.5 Å². The van der Waals surface area contributed by atoms with Crippen molar-refractivity contribution in [1.29, 1.82) is 0 Å². The van der Waals surface area contributed by atoms with E-state index in [2.05, 4.69) is 48.3 Å². The molecule has 24 heavy (non-hydrogen) atoms. The number of aromatic nitrogens is 1. The van der Waals surface area contributed by atoms with Crippen LogP contribution in [0.3, 0.4) is 0 Å². The number of azo groups is 2. The fourth-order valence-electron chi connectivity index (χ4n) is 2.06. The van der Waals surface area contributed by atoms with Gasteiger partial charge in [-0.3, -0.25) is 0 Å². The molecule has 1 heterocycles. The Kier molecular flexibility index (Phi) is 5.77. The maximum Gasteiger partial charge on any atom is 0.230 e. The summed E-state index contributed by atoms with van der Waals surface area (Å²) >= 11 is 4.93. The Labute approximate surface area is 152 Å². The molecule has 2 aromatic carbocycles. The molecule has 0 N–H and O–H groups in total. The molecule has 122 valence electrons. The van der Waals surface area contributed by atoms with E-state index >= 15 is 0 Å². The average Bonchev–Trinajstić information content (AvgIpc) is 3.02. The molecule has 5 nitrogen and oxygen atoms in total. The summed E-state index contributed by atoms with van der Waals surface area (Å²) in [7, 11) is 0. The lowest BCUT2D eigenvalue weighted by Crippen LogP contribution is -1.97. The molecule has 7 heteroatoms. The number of fused-ring (bicyclic) bond motifs is 1. The van der Waals surface area contributed by atoms with Gasteiger partial charge in [0.15, 0.2) is 6.17 Å². The van der Waals surface area contributed by atoms with Crippen LogP contribution in [0.2, 0.25) is 0 Å². The second-order valence-electron chi connectivity index (χ2n) is 5.14. The fourth-order valence-corrected chi connectivity index (χ4v) is 3.11. The Bertz CT molecular complexity index is 824. The number of benzene rings is 2. The standard InChI is InChI=1S/C17H16BrN5S/c1-2-5-16(21-20-13-10-8-12(18)9-11-13)22-23-17-19-14-6-3-4-7-15(14)24-17/h3-4,6-11,16H,2,5H2,1H3. The fraction of sp³-hybridized carbons (Fsp3) is 0.235. The molecule has 0 radical (unpaired) electrons. The van der Waals surface area contributed by atoms with Crippen LogP contribution in [0, 0.1) is 0 Å². The van der Waals surface area contributed by atoms with Crippen molar-refractivity contribution in [2.45, 2.75) is 25.9 Å². The van der Waals surface area contributed by atoms with Gasteiger partial charge in [-0.2, -0.15) is 15.3 Å². The molecular formula is C17H16BrN5S. The van der Waals surface area contributed by atoms with Crippen molar-refractivity contribution < 1.29 is 0 Å². The highest BCUT2D eigenvalue weighted by Gasteiger charge is 2.06. The van der Waals surface area contributed by atoms with Gasteiger partial charge >= 0.3 is 0 Å². The zero-order valence-electron chi connectivity index (χ0n) is 13.1. The summed E-state index contributed by atoms with van der Waals surface area (Å²) in [6.45, 7) is 2.09. The molecule has 1 unspecified atom stereocenters. The van der Waals surface area contributed by atoms with Gasteiger partial charge in [-0.15, -0.1) is 5.11 Å². The Morgan fingerprint density at radius 1 is 1.04 bits per heavy atom. The molecule has 3 rings (SSSR count). The van der Waals surface area contributed by atoms with E-state index in [-0.39, 0.29) is 6.17 Å². The van der Waals surface area contributed by atoms with E-state index in [0.717, 1.165) is 33.2 Å². The highest BCUT2D eigenvalue weighted by atomic mass is 79.9. The molecule has 1 aromatic heterocycles. The predicted molar refractivity (Wildman–Crippen MR) is 101 cm³/mol. The van der Waals surface area contributed by atoms with Crippen molar-refractivity contribution in [3.63, 3.8) is 0 Å². The molecule has 0 fully saturated rings. The second kappa shape index (κ2) is 8.21. The van der Waals surface area contributed by atoms with Crippen LogP contribution in [0.1, 0.15) is 19.8 Å². The molecule has 0 saturated carbocycles. The summed E-state index contributed by atoms with van der Waals surface area (Å²) < 4.78 is 2.12. The van der Waals surface area contributed by atoms with Gasteiger partial charge in [-0.25, -0.2) is 4.98 Å². The van der Waals surface area contributed by atoms with Crippen LogP contribution in [0.4, 0.5) is 10.8 Å². The van der Waals surface area contributed by atoms with Gasteiger partial charge in [0.1, 0.15) is 0 Å². The van der Waals surface area contributed by atoms with Crippen LogP contribution in [-0.2, 0) is 0 Å². The molecule has 1 atom stereocenters. The molecule has 0 bridgehead atoms. The molecular weight excluding hydrogens is 386 g/mol. The van der Waals surface area contributed by atoms with Gasteiger partial charge in [0.25, 0.3) is 0 Å². The van der Waals surface area contributed by atoms with Crippen molar-refractivity contribution in [2.75, 3.05) is 0 Å². The number of hydrogen-bond donors (Lipinski definition) is 0. The van der Waals surface area contributed by atoms with E-state index in [0.29, 0.717) is 5.13 Å². The third-order valence-electron chi connectivity index (χ3n) is 3.24. The van der Waals surface area contributed by atoms with Gasteiger partial charge in [-0.05, 0) is 42.8 Å². The number of thiazole rings is 1. The molecule has 0 amide bonds. The van der Waals surface area contributed by atoms with Crippen LogP contribution < -0.4 is 0 Å². The summed E-state index contributed by atoms with van der Waals surface area (Å²) in [5.41, 5.74) is 1.74. The zero-order chi connectivity index (χ0) is 16.8. The number of para-hydroxylation sites is 1. The van der Waals surface area contributed by atoms with Crippen molar-refractivity contribution in [1.82, 2.24) is 4.98 Å². The third-order valence-corrected chi connectivity index (χ3v) is 4.69. The monoisotopic (exact) mass is 401 g/mol. The smallest absolute Gasteiger partial charge is 0.217 e. The quantitative estimate of drug-likeness (QED) is 0.407. The van der Waals surface area contributed by atoms with Gasteiger partial charge in [0, 0.05) is 4.47 Å². The first-order chi connectivity index (χ1) is 11.7. The Morgan fingerprint density at radius 3 is 2.54 bits per heavy atom. The van der Waals surface area contributed by atoms with Crippen molar-refractivity contribution in [3.8, 4) is 0 Å². The number of halogens is 1. The summed E-state index contributed by atoms with van der Waals surface area (Å²) in [6.07, 6.45) is 1.47. The van der Waals surface area contributed by atoms with Crippen LogP contribution in [-0.4, -0.2) is 11.1 Å². The minimum Gasteiger partial charge on any atom is -0.217 e. The highest BCUT2D eigenvalue weighted by molar-refractivity contribution is 9.10. The second-order valence-corrected chi connectivity index (χ2v) is 7.07. The molecule has 0 aliphatic carbocycles. The maximum atomic E-state index is 4.45.